The van der Waals surface area contributed by atoms with Crippen molar-refractivity contribution in [3.63, 3.8) is 0 Å². The number of halogens is 1. The summed E-state index contributed by atoms with van der Waals surface area (Å²) in [6, 6.07) is 5.74. The summed E-state index contributed by atoms with van der Waals surface area (Å²) in [4.78, 5) is 11.8. The number of nitrogens with zero attached hydrogens (tertiary/aromatic N) is 1. The van der Waals surface area contributed by atoms with Crippen molar-refractivity contribution in [1.29, 1.82) is 0 Å². The number of thioether (sulfide) groups is 1. The van der Waals surface area contributed by atoms with Gasteiger partial charge in [0.15, 0.2) is 11.6 Å². The molecule has 3 N–H and O–H groups in total. The number of ether oxygens (including phenoxy) is 1. The normalized spacial score (nSPS) is 21.0. The Morgan fingerprint density at radius 2 is 2.21 bits per heavy atom. The largest absolute Gasteiger partial charge is 0.446 e. The lowest BCUT2D eigenvalue weighted by atomic mass is 10.0. The van der Waals surface area contributed by atoms with Gasteiger partial charge in [0.05, 0.1) is 5.69 Å². The second-order valence-corrected chi connectivity index (χ2v) is 8.71. The van der Waals surface area contributed by atoms with Crippen LogP contribution in [0.5, 0.6) is 0 Å². The van der Waals surface area contributed by atoms with Gasteiger partial charge in [-0.05, 0) is 44.7 Å². The molecule has 6 nitrogen and oxygen atoms in total. The van der Waals surface area contributed by atoms with Gasteiger partial charge in [0.25, 0.3) is 0 Å². The molecule has 2 atom stereocenters. The number of alkyl carbamates (subject to hydrolysis) is 1. The van der Waals surface area contributed by atoms with Crippen molar-refractivity contribution in [2.75, 3.05) is 5.32 Å². The fourth-order valence-corrected chi connectivity index (χ4v) is 4.92. The Balaban J connectivity index is 1.37. The lowest BCUT2D eigenvalue weighted by molar-refractivity contribution is 0.0981. The first-order valence-electron chi connectivity index (χ1n) is 9.67. The Hall–Kier alpha value is -2.22. The molecule has 1 saturated carbocycles. The zero-order valence-electron chi connectivity index (χ0n) is 16.0. The number of benzene rings is 1. The van der Waals surface area contributed by atoms with Crippen LogP contribution in [0.2, 0.25) is 0 Å². The number of anilines is 2. The highest BCUT2D eigenvalue weighted by Gasteiger charge is 2.30. The van der Waals surface area contributed by atoms with E-state index in [-0.39, 0.29) is 30.0 Å². The predicted molar refractivity (Wildman–Crippen MR) is 108 cm³/mol. The average molecular weight is 405 g/mol. The standard InChI is InChI=1S/C20H25FN4O2S/c1-11(2)22-20(26)27-14-5-3-12(7-14)17-8-18(25-24-17)23-16-6-4-13-9-28-10-15(13)19(16)21/h4,6,8,11-12,14H,3,5,7,9-10H2,1-2H3,(H,22,26)(H2,23,24,25). The minimum atomic E-state index is -0.363. The van der Waals surface area contributed by atoms with E-state index in [9.17, 15) is 9.18 Å². The summed E-state index contributed by atoms with van der Waals surface area (Å²) in [5.74, 6) is 2.26. The molecule has 1 fully saturated rings. The molecule has 1 aromatic carbocycles. The molecular formula is C20H25FN4O2S. The Kier molecular flexibility index (Phi) is 5.48. The second-order valence-electron chi connectivity index (χ2n) is 7.73. The van der Waals surface area contributed by atoms with E-state index < -0.39 is 0 Å². The first kappa shape index (κ1) is 19.1. The molecule has 150 valence electrons. The maximum absolute atomic E-state index is 14.7. The average Bonchev–Trinajstić information content (AvgIpc) is 3.37. The third-order valence-corrected chi connectivity index (χ3v) is 6.22. The molecule has 0 saturated heterocycles. The number of fused-ring (bicyclic) bond motifs is 1. The summed E-state index contributed by atoms with van der Waals surface area (Å²) in [6.45, 7) is 3.81. The van der Waals surface area contributed by atoms with E-state index in [2.05, 4.69) is 20.8 Å². The number of carbonyl (C=O) groups is 1. The molecule has 8 heteroatoms. The van der Waals surface area contributed by atoms with E-state index in [0.717, 1.165) is 47.6 Å². The third-order valence-electron chi connectivity index (χ3n) is 5.21. The van der Waals surface area contributed by atoms with Gasteiger partial charge >= 0.3 is 6.09 Å². The summed E-state index contributed by atoms with van der Waals surface area (Å²) >= 11 is 1.73. The van der Waals surface area contributed by atoms with Gasteiger partial charge in [-0.25, -0.2) is 9.18 Å². The van der Waals surface area contributed by atoms with Gasteiger partial charge in [-0.1, -0.05) is 6.07 Å². The highest BCUT2D eigenvalue weighted by molar-refractivity contribution is 7.98. The van der Waals surface area contributed by atoms with Crippen LogP contribution in [0.15, 0.2) is 18.2 Å². The second kappa shape index (κ2) is 8.03. The van der Waals surface area contributed by atoms with E-state index in [4.69, 9.17) is 4.74 Å². The van der Waals surface area contributed by atoms with Gasteiger partial charge in [-0.15, -0.1) is 0 Å². The van der Waals surface area contributed by atoms with Crippen LogP contribution in [0, 0.1) is 5.82 Å². The molecule has 2 unspecified atom stereocenters. The number of aromatic nitrogens is 2. The van der Waals surface area contributed by atoms with Crippen LogP contribution in [0.4, 0.5) is 20.7 Å². The summed E-state index contributed by atoms with van der Waals surface area (Å²) in [6.07, 6.45) is 2.06. The summed E-state index contributed by atoms with van der Waals surface area (Å²) in [5, 5.41) is 13.2. The molecule has 1 aliphatic heterocycles. The number of nitrogens with one attached hydrogen (secondary N) is 3. The topological polar surface area (TPSA) is 79.0 Å². The first-order valence-corrected chi connectivity index (χ1v) is 10.8. The maximum atomic E-state index is 14.7. The first-order chi connectivity index (χ1) is 13.5. The van der Waals surface area contributed by atoms with E-state index in [1.54, 1.807) is 17.8 Å². The Labute approximate surface area is 168 Å². The number of carbonyl (C=O) groups excluding carboxylic acids is 1. The Bertz CT molecular complexity index is 870. The van der Waals surface area contributed by atoms with Crippen molar-refractivity contribution in [2.24, 2.45) is 0 Å². The van der Waals surface area contributed by atoms with Crippen LogP contribution in [-0.2, 0) is 16.2 Å². The zero-order chi connectivity index (χ0) is 19.7. The van der Waals surface area contributed by atoms with Crippen molar-refractivity contribution in [2.45, 2.75) is 62.7 Å². The Morgan fingerprint density at radius 3 is 3.04 bits per heavy atom. The van der Waals surface area contributed by atoms with Crippen LogP contribution in [0.25, 0.3) is 0 Å². The van der Waals surface area contributed by atoms with Crippen molar-refractivity contribution >= 4 is 29.4 Å². The van der Waals surface area contributed by atoms with Crippen molar-refractivity contribution < 1.29 is 13.9 Å². The van der Waals surface area contributed by atoms with E-state index in [0.29, 0.717) is 11.5 Å². The number of aromatic amines is 1. The molecule has 0 radical (unpaired) electrons. The molecule has 1 amide bonds. The van der Waals surface area contributed by atoms with Crippen molar-refractivity contribution in [3.8, 4) is 0 Å². The molecule has 4 rings (SSSR count). The quantitative estimate of drug-likeness (QED) is 0.666. The summed E-state index contributed by atoms with van der Waals surface area (Å²) in [5.41, 5.74) is 3.31. The highest BCUT2D eigenvalue weighted by atomic mass is 32.2. The number of amides is 1. The zero-order valence-corrected chi connectivity index (χ0v) is 16.9. The van der Waals surface area contributed by atoms with Gasteiger partial charge in [0, 0.05) is 40.8 Å². The molecule has 2 heterocycles. The monoisotopic (exact) mass is 404 g/mol. The lowest BCUT2D eigenvalue weighted by Crippen LogP contribution is -2.33. The third kappa shape index (κ3) is 4.11. The Morgan fingerprint density at radius 1 is 1.36 bits per heavy atom. The van der Waals surface area contributed by atoms with E-state index >= 15 is 0 Å². The smallest absolute Gasteiger partial charge is 0.407 e. The maximum Gasteiger partial charge on any atom is 0.407 e. The molecule has 1 aromatic heterocycles. The SMILES string of the molecule is CC(C)NC(=O)OC1CCC(c2cc(Nc3ccc4c(c3F)CSC4)n[nH]2)C1. The molecule has 0 bridgehead atoms. The molecule has 28 heavy (non-hydrogen) atoms. The van der Waals surface area contributed by atoms with E-state index in [1.165, 1.54) is 0 Å². The molecule has 0 spiro atoms. The van der Waals surface area contributed by atoms with Crippen LogP contribution in [0.1, 0.15) is 55.8 Å². The van der Waals surface area contributed by atoms with Crippen molar-refractivity contribution in [1.82, 2.24) is 15.5 Å². The summed E-state index contributed by atoms with van der Waals surface area (Å²) < 4.78 is 20.1. The number of hydrogen-bond acceptors (Lipinski definition) is 5. The minimum Gasteiger partial charge on any atom is -0.446 e. The van der Waals surface area contributed by atoms with Crippen LogP contribution < -0.4 is 10.6 Å². The highest BCUT2D eigenvalue weighted by Crippen LogP contribution is 2.37. The van der Waals surface area contributed by atoms with Crippen molar-refractivity contribution in [3.05, 3.63) is 40.8 Å². The number of H-pyrrole nitrogens is 1. The number of hydrogen-bond donors (Lipinski definition) is 3. The molecule has 1 aliphatic carbocycles. The molecule has 2 aromatic rings. The minimum absolute atomic E-state index is 0.0594. The van der Waals surface area contributed by atoms with Crippen LogP contribution in [-0.4, -0.2) is 28.4 Å². The van der Waals surface area contributed by atoms with Crippen LogP contribution in [0.3, 0.4) is 0 Å². The van der Waals surface area contributed by atoms with Gasteiger partial charge in [0.2, 0.25) is 0 Å². The van der Waals surface area contributed by atoms with E-state index in [1.807, 2.05) is 26.0 Å². The fraction of sp³-hybridized carbons (Fsp3) is 0.500. The molecular weight excluding hydrogens is 379 g/mol. The number of rotatable bonds is 5. The lowest BCUT2D eigenvalue weighted by Gasteiger charge is -2.14. The van der Waals surface area contributed by atoms with Gasteiger partial charge in [0.1, 0.15) is 6.10 Å². The van der Waals surface area contributed by atoms with Crippen LogP contribution >= 0.6 is 11.8 Å². The van der Waals surface area contributed by atoms with Gasteiger partial charge in [-0.3, -0.25) is 5.10 Å². The molecule has 2 aliphatic rings. The van der Waals surface area contributed by atoms with Gasteiger partial charge < -0.3 is 15.4 Å². The fourth-order valence-electron chi connectivity index (χ4n) is 3.81. The van der Waals surface area contributed by atoms with Gasteiger partial charge in [-0.2, -0.15) is 16.9 Å². The predicted octanol–water partition coefficient (Wildman–Crippen LogP) is 4.81. The summed E-state index contributed by atoms with van der Waals surface area (Å²) in [7, 11) is 0.